The van der Waals surface area contributed by atoms with Gasteiger partial charge in [-0.05, 0) is 47.9 Å². The van der Waals surface area contributed by atoms with Crippen molar-refractivity contribution in [3.05, 3.63) is 83.4 Å². The Labute approximate surface area is 162 Å². The van der Waals surface area contributed by atoms with E-state index in [1.165, 1.54) is 22.4 Å². The van der Waals surface area contributed by atoms with Crippen molar-refractivity contribution < 1.29 is 13.2 Å². The van der Waals surface area contributed by atoms with Crippen LogP contribution in [0.2, 0.25) is 0 Å². The summed E-state index contributed by atoms with van der Waals surface area (Å²) in [5.41, 5.74) is 1.02. The summed E-state index contributed by atoms with van der Waals surface area (Å²) in [4.78, 5) is 0. The van der Waals surface area contributed by atoms with Crippen LogP contribution in [0.15, 0.2) is 66.7 Å². The Kier molecular flexibility index (Phi) is 6.08. The SMILES string of the molecule is CC(NCC[C@@H](Cl)c1cccc(C(F)(F)F)c1)c1cccc2ccccc12. The Bertz CT molecular complexity index is 902. The van der Waals surface area contributed by atoms with Crippen molar-refractivity contribution in [2.45, 2.75) is 30.9 Å². The lowest BCUT2D eigenvalue weighted by molar-refractivity contribution is -0.137. The summed E-state index contributed by atoms with van der Waals surface area (Å²) in [6, 6.07) is 19.7. The second-order valence-electron chi connectivity index (χ2n) is 6.62. The van der Waals surface area contributed by atoms with Crippen LogP contribution >= 0.6 is 11.6 Å². The van der Waals surface area contributed by atoms with Crippen LogP contribution in [0, 0.1) is 0 Å². The minimum atomic E-state index is -4.35. The maximum atomic E-state index is 12.8. The third kappa shape index (κ3) is 4.82. The molecule has 3 aromatic carbocycles. The second-order valence-corrected chi connectivity index (χ2v) is 7.15. The summed E-state index contributed by atoms with van der Waals surface area (Å²) in [5, 5.41) is 5.34. The van der Waals surface area contributed by atoms with Gasteiger partial charge >= 0.3 is 6.18 Å². The van der Waals surface area contributed by atoms with Crippen molar-refractivity contribution in [3.8, 4) is 0 Å². The van der Waals surface area contributed by atoms with E-state index in [4.69, 9.17) is 11.6 Å². The van der Waals surface area contributed by atoms with Crippen LogP contribution in [-0.4, -0.2) is 6.54 Å². The van der Waals surface area contributed by atoms with Gasteiger partial charge in [-0.2, -0.15) is 13.2 Å². The molecule has 5 heteroatoms. The first-order valence-electron chi connectivity index (χ1n) is 8.88. The summed E-state index contributed by atoms with van der Waals surface area (Å²) < 4.78 is 38.5. The average Bonchev–Trinajstić information content (AvgIpc) is 2.66. The van der Waals surface area contributed by atoms with Crippen LogP contribution < -0.4 is 5.32 Å². The average molecular weight is 392 g/mol. The quantitative estimate of drug-likeness (QED) is 0.451. The van der Waals surface area contributed by atoms with Gasteiger partial charge in [0.1, 0.15) is 0 Å². The highest BCUT2D eigenvalue weighted by Crippen LogP contribution is 2.33. The second kappa shape index (κ2) is 8.32. The van der Waals surface area contributed by atoms with E-state index < -0.39 is 17.1 Å². The van der Waals surface area contributed by atoms with Crippen molar-refractivity contribution in [1.82, 2.24) is 5.32 Å². The highest BCUT2D eigenvalue weighted by Gasteiger charge is 2.30. The van der Waals surface area contributed by atoms with Gasteiger partial charge in [0.15, 0.2) is 0 Å². The van der Waals surface area contributed by atoms with Gasteiger partial charge in [0, 0.05) is 6.04 Å². The molecule has 0 aliphatic rings. The third-order valence-corrected chi connectivity index (χ3v) is 5.18. The van der Waals surface area contributed by atoms with Gasteiger partial charge < -0.3 is 5.32 Å². The van der Waals surface area contributed by atoms with Crippen LogP contribution in [0.25, 0.3) is 10.8 Å². The summed E-state index contributed by atoms with van der Waals surface area (Å²) in [7, 11) is 0. The van der Waals surface area contributed by atoms with Crippen molar-refractivity contribution >= 4 is 22.4 Å². The largest absolute Gasteiger partial charge is 0.416 e. The highest BCUT2D eigenvalue weighted by molar-refractivity contribution is 6.20. The molecule has 0 fully saturated rings. The van der Waals surface area contributed by atoms with Crippen LogP contribution in [0.5, 0.6) is 0 Å². The Balaban J connectivity index is 1.62. The normalized spacial score (nSPS) is 14.3. The van der Waals surface area contributed by atoms with Gasteiger partial charge in [0.25, 0.3) is 0 Å². The summed E-state index contributed by atoms with van der Waals surface area (Å²) in [6.07, 6.45) is -3.81. The molecule has 3 aromatic rings. The summed E-state index contributed by atoms with van der Waals surface area (Å²) in [5.74, 6) is 0. The fourth-order valence-corrected chi connectivity index (χ4v) is 3.49. The van der Waals surface area contributed by atoms with Crippen molar-refractivity contribution in [2.24, 2.45) is 0 Å². The van der Waals surface area contributed by atoms with Crippen molar-refractivity contribution in [1.29, 1.82) is 0 Å². The molecule has 3 rings (SSSR count). The molecule has 1 unspecified atom stereocenters. The van der Waals surface area contributed by atoms with Gasteiger partial charge in [0.05, 0.1) is 10.9 Å². The lowest BCUT2D eigenvalue weighted by atomic mass is 9.99. The Hall–Kier alpha value is -2.04. The van der Waals surface area contributed by atoms with E-state index in [0.717, 1.165) is 12.1 Å². The van der Waals surface area contributed by atoms with E-state index in [9.17, 15) is 13.2 Å². The van der Waals surface area contributed by atoms with E-state index in [0.29, 0.717) is 18.5 Å². The number of hydrogen-bond acceptors (Lipinski definition) is 1. The molecule has 1 N–H and O–H groups in total. The molecule has 142 valence electrons. The molecule has 0 aliphatic carbocycles. The molecule has 0 amide bonds. The number of halogens is 4. The molecule has 0 heterocycles. The maximum Gasteiger partial charge on any atom is 0.416 e. The lowest BCUT2D eigenvalue weighted by Gasteiger charge is -2.18. The first-order valence-corrected chi connectivity index (χ1v) is 9.32. The van der Waals surface area contributed by atoms with Crippen LogP contribution in [0.1, 0.15) is 41.5 Å². The van der Waals surface area contributed by atoms with E-state index in [1.54, 1.807) is 6.07 Å². The molecule has 0 bridgehead atoms. The molecule has 0 spiro atoms. The fraction of sp³-hybridized carbons (Fsp3) is 0.273. The van der Waals surface area contributed by atoms with Gasteiger partial charge in [-0.3, -0.25) is 0 Å². The molecular formula is C22H21ClF3N. The van der Waals surface area contributed by atoms with Crippen LogP contribution in [0.4, 0.5) is 13.2 Å². The maximum absolute atomic E-state index is 12.8. The molecule has 0 saturated carbocycles. The van der Waals surface area contributed by atoms with E-state index in [2.05, 4.69) is 36.5 Å². The van der Waals surface area contributed by atoms with E-state index in [1.807, 2.05) is 18.2 Å². The van der Waals surface area contributed by atoms with E-state index in [-0.39, 0.29) is 6.04 Å². The number of nitrogens with one attached hydrogen (secondary N) is 1. The van der Waals surface area contributed by atoms with Gasteiger partial charge in [-0.15, -0.1) is 11.6 Å². The van der Waals surface area contributed by atoms with Crippen molar-refractivity contribution in [2.75, 3.05) is 6.54 Å². The number of fused-ring (bicyclic) bond motifs is 1. The summed E-state index contributed by atoms with van der Waals surface area (Å²) in [6.45, 7) is 2.68. The fourth-order valence-electron chi connectivity index (χ4n) is 3.24. The monoisotopic (exact) mass is 391 g/mol. The number of hydrogen-bond donors (Lipinski definition) is 1. The topological polar surface area (TPSA) is 12.0 Å². The summed E-state index contributed by atoms with van der Waals surface area (Å²) >= 11 is 6.35. The van der Waals surface area contributed by atoms with Crippen LogP contribution in [0.3, 0.4) is 0 Å². The van der Waals surface area contributed by atoms with Gasteiger partial charge in [0.2, 0.25) is 0 Å². The zero-order chi connectivity index (χ0) is 19.4. The minimum Gasteiger partial charge on any atom is -0.310 e. The standard InChI is InChI=1S/C22H21ClF3N/c1-15(19-11-5-7-16-6-2-3-10-20(16)19)27-13-12-21(23)17-8-4-9-18(14-17)22(24,25)26/h2-11,14-15,21,27H,12-13H2,1H3/t15?,21-/m1/s1. The molecule has 0 saturated heterocycles. The molecule has 2 atom stereocenters. The number of rotatable bonds is 6. The predicted octanol–water partition coefficient (Wildman–Crippen LogP) is 6.88. The predicted molar refractivity (Wildman–Crippen MR) is 105 cm³/mol. The van der Waals surface area contributed by atoms with Crippen LogP contribution in [-0.2, 0) is 6.18 Å². The Morgan fingerprint density at radius 2 is 1.67 bits per heavy atom. The van der Waals surface area contributed by atoms with E-state index >= 15 is 0 Å². The molecule has 1 nitrogen and oxygen atoms in total. The smallest absolute Gasteiger partial charge is 0.310 e. The zero-order valence-corrected chi connectivity index (χ0v) is 15.7. The van der Waals surface area contributed by atoms with Crippen molar-refractivity contribution in [3.63, 3.8) is 0 Å². The first-order chi connectivity index (χ1) is 12.9. The number of benzene rings is 3. The Morgan fingerprint density at radius 3 is 2.44 bits per heavy atom. The lowest BCUT2D eigenvalue weighted by Crippen LogP contribution is -2.21. The third-order valence-electron chi connectivity index (χ3n) is 4.71. The number of alkyl halides is 4. The molecule has 0 aromatic heterocycles. The molecule has 27 heavy (non-hydrogen) atoms. The highest BCUT2D eigenvalue weighted by atomic mass is 35.5. The first kappa shape index (κ1) is 19.7. The molecule has 0 radical (unpaired) electrons. The minimum absolute atomic E-state index is 0.112. The Morgan fingerprint density at radius 1 is 0.963 bits per heavy atom. The zero-order valence-electron chi connectivity index (χ0n) is 14.9. The van der Waals surface area contributed by atoms with Gasteiger partial charge in [-0.1, -0.05) is 60.7 Å². The molecule has 0 aliphatic heterocycles. The molecular weight excluding hydrogens is 371 g/mol. The van der Waals surface area contributed by atoms with Gasteiger partial charge in [-0.25, -0.2) is 0 Å².